The van der Waals surface area contributed by atoms with E-state index in [9.17, 15) is 0 Å². The molecule has 3 aromatic rings. The van der Waals surface area contributed by atoms with Gasteiger partial charge in [-0.15, -0.1) is 20.4 Å². The highest BCUT2D eigenvalue weighted by atomic mass is 35.5. The van der Waals surface area contributed by atoms with Crippen LogP contribution in [0.25, 0.3) is 10.8 Å². The zero-order valence-corrected chi connectivity index (χ0v) is 10.8. The van der Waals surface area contributed by atoms with Crippen molar-refractivity contribution in [2.45, 2.75) is 9.37 Å². The highest BCUT2D eigenvalue weighted by Gasteiger charge is 2.10. The summed E-state index contributed by atoms with van der Waals surface area (Å²) in [5.74, 6) is 0. The summed E-state index contributed by atoms with van der Waals surface area (Å²) in [6.45, 7) is 0. The van der Waals surface area contributed by atoms with Crippen LogP contribution in [0, 0.1) is 0 Å². The normalized spacial score (nSPS) is 10.9. The van der Waals surface area contributed by atoms with Crippen LogP contribution in [0.3, 0.4) is 0 Å². The van der Waals surface area contributed by atoms with Gasteiger partial charge in [0, 0.05) is 10.8 Å². The zero-order chi connectivity index (χ0) is 11.7. The lowest BCUT2D eigenvalue weighted by molar-refractivity contribution is 0.949. The van der Waals surface area contributed by atoms with Crippen molar-refractivity contribution in [1.29, 1.82) is 0 Å². The third-order valence-electron chi connectivity index (χ3n) is 2.13. The highest BCUT2D eigenvalue weighted by molar-refractivity contribution is 8.01. The second kappa shape index (κ2) is 4.56. The summed E-state index contributed by atoms with van der Waals surface area (Å²) in [7, 11) is 0. The summed E-state index contributed by atoms with van der Waals surface area (Å²) < 4.78 is 0.840. The van der Waals surface area contributed by atoms with E-state index in [1.807, 2.05) is 24.3 Å². The Morgan fingerprint density at radius 3 is 2.65 bits per heavy atom. The maximum Gasteiger partial charge on any atom is 0.180 e. The van der Waals surface area contributed by atoms with Crippen molar-refractivity contribution in [1.82, 2.24) is 20.4 Å². The van der Waals surface area contributed by atoms with Crippen LogP contribution in [-0.4, -0.2) is 20.4 Å². The molecule has 84 valence electrons. The number of benzene rings is 1. The van der Waals surface area contributed by atoms with Crippen molar-refractivity contribution < 1.29 is 0 Å². The fourth-order valence-corrected chi connectivity index (χ4v) is 3.07. The molecule has 0 atom stereocenters. The van der Waals surface area contributed by atoms with Crippen molar-refractivity contribution in [2.24, 2.45) is 0 Å². The predicted octanol–water partition coefficient (Wildman–Crippen LogP) is 3.29. The van der Waals surface area contributed by atoms with Gasteiger partial charge in [0.05, 0.1) is 0 Å². The number of hydrogen-bond acceptors (Lipinski definition) is 6. The minimum Gasteiger partial charge on any atom is -0.146 e. The van der Waals surface area contributed by atoms with E-state index in [1.54, 1.807) is 5.51 Å². The lowest BCUT2D eigenvalue weighted by atomic mass is 10.2. The van der Waals surface area contributed by atoms with Gasteiger partial charge in [-0.2, -0.15) is 0 Å². The van der Waals surface area contributed by atoms with Crippen molar-refractivity contribution >= 4 is 45.5 Å². The molecule has 0 aliphatic carbocycles. The van der Waals surface area contributed by atoms with Gasteiger partial charge in [-0.1, -0.05) is 47.2 Å². The van der Waals surface area contributed by atoms with Gasteiger partial charge in [0.2, 0.25) is 0 Å². The van der Waals surface area contributed by atoms with Crippen LogP contribution in [-0.2, 0) is 0 Å². The van der Waals surface area contributed by atoms with Crippen molar-refractivity contribution in [3.05, 3.63) is 34.9 Å². The van der Waals surface area contributed by atoms with Crippen LogP contribution in [0.2, 0.25) is 5.15 Å². The predicted molar refractivity (Wildman–Crippen MR) is 68.6 cm³/mol. The molecule has 1 aromatic carbocycles. The second-order valence-corrected chi connectivity index (χ2v) is 5.58. The molecule has 3 rings (SSSR count). The lowest BCUT2D eigenvalue weighted by Gasteiger charge is -2.03. The lowest BCUT2D eigenvalue weighted by Crippen LogP contribution is -1.89. The SMILES string of the molecule is Clc1nnc(Sc2nncs2)c2ccccc12. The molecule has 0 spiro atoms. The first-order valence-electron chi connectivity index (χ1n) is 4.69. The molecular formula is C10H5ClN4S2. The van der Waals surface area contributed by atoms with Crippen LogP contribution in [0.1, 0.15) is 0 Å². The quantitative estimate of drug-likeness (QED) is 0.721. The molecule has 0 saturated carbocycles. The number of halogens is 1. The largest absolute Gasteiger partial charge is 0.180 e. The first kappa shape index (κ1) is 10.9. The molecule has 4 nitrogen and oxygen atoms in total. The number of hydrogen-bond donors (Lipinski definition) is 0. The van der Waals surface area contributed by atoms with E-state index in [4.69, 9.17) is 11.6 Å². The fraction of sp³-hybridized carbons (Fsp3) is 0. The van der Waals surface area contributed by atoms with Crippen molar-refractivity contribution in [3.63, 3.8) is 0 Å². The van der Waals surface area contributed by atoms with Gasteiger partial charge < -0.3 is 0 Å². The van der Waals surface area contributed by atoms with E-state index in [1.165, 1.54) is 23.1 Å². The van der Waals surface area contributed by atoms with Crippen LogP contribution >= 0.6 is 34.7 Å². The average molecular weight is 281 g/mol. The van der Waals surface area contributed by atoms with E-state index < -0.39 is 0 Å². The first-order chi connectivity index (χ1) is 8.34. The Hall–Kier alpha value is -1.24. The van der Waals surface area contributed by atoms with Gasteiger partial charge in [-0.3, -0.25) is 0 Å². The first-order valence-corrected chi connectivity index (χ1v) is 6.77. The van der Waals surface area contributed by atoms with Gasteiger partial charge in [0.15, 0.2) is 9.49 Å². The van der Waals surface area contributed by atoms with Gasteiger partial charge in [-0.25, -0.2) is 0 Å². The molecule has 0 N–H and O–H groups in total. The van der Waals surface area contributed by atoms with Crippen molar-refractivity contribution in [2.75, 3.05) is 0 Å². The topological polar surface area (TPSA) is 51.6 Å². The summed E-state index contributed by atoms with van der Waals surface area (Å²) in [5.41, 5.74) is 1.69. The second-order valence-electron chi connectivity index (χ2n) is 3.15. The minimum absolute atomic E-state index is 0.419. The number of nitrogens with zero attached hydrogens (tertiary/aromatic N) is 4. The van der Waals surface area contributed by atoms with E-state index in [2.05, 4.69) is 20.4 Å². The van der Waals surface area contributed by atoms with Gasteiger partial charge in [0.1, 0.15) is 10.5 Å². The molecule has 17 heavy (non-hydrogen) atoms. The monoisotopic (exact) mass is 280 g/mol. The maximum atomic E-state index is 6.00. The summed E-state index contributed by atoms with van der Waals surface area (Å²) >= 11 is 8.92. The molecule has 2 heterocycles. The molecule has 0 unspecified atom stereocenters. The molecule has 0 aliphatic rings. The van der Waals surface area contributed by atoms with Crippen LogP contribution < -0.4 is 0 Å². The fourth-order valence-electron chi connectivity index (χ4n) is 1.41. The minimum atomic E-state index is 0.419. The molecule has 2 aromatic heterocycles. The van der Waals surface area contributed by atoms with E-state index >= 15 is 0 Å². The molecule has 0 saturated heterocycles. The third kappa shape index (κ3) is 2.11. The standard InChI is InChI=1S/C10H5ClN4S2/c11-8-6-3-1-2-4-7(6)9(14-13-8)17-10-15-12-5-16-10/h1-5H. The third-order valence-corrected chi connectivity index (χ3v) is 4.18. The van der Waals surface area contributed by atoms with Crippen LogP contribution in [0.15, 0.2) is 39.1 Å². The average Bonchev–Trinajstić information content (AvgIpc) is 2.86. The molecule has 0 radical (unpaired) electrons. The Bertz CT molecular complexity index is 656. The molecule has 0 fully saturated rings. The summed E-state index contributed by atoms with van der Waals surface area (Å²) in [6.07, 6.45) is 0. The van der Waals surface area contributed by atoms with E-state index in [-0.39, 0.29) is 0 Å². The summed E-state index contributed by atoms with van der Waals surface area (Å²) in [5, 5.41) is 18.9. The number of rotatable bonds is 2. The molecule has 0 bridgehead atoms. The van der Waals surface area contributed by atoms with E-state index in [0.29, 0.717) is 5.15 Å². The summed E-state index contributed by atoms with van der Waals surface area (Å²) in [4.78, 5) is 0. The Balaban J connectivity index is 2.14. The molecule has 0 amide bonds. The number of aromatic nitrogens is 4. The van der Waals surface area contributed by atoms with Crippen LogP contribution in [0.4, 0.5) is 0 Å². The van der Waals surface area contributed by atoms with E-state index in [0.717, 1.165) is 20.1 Å². The smallest absolute Gasteiger partial charge is 0.146 e. The molecular weight excluding hydrogens is 276 g/mol. The Kier molecular flexibility index (Phi) is 2.92. The molecule has 0 aliphatic heterocycles. The zero-order valence-electron chi connectivity index (χ0n) is 8.37. The molecule has 7 heteroatoms. The maximum absolute atomic E-state index is 6.00. The van der Waals surface area contributed by atoms with Gasteiger partial charge >= 0.3 is 0 Å². The van der Waals surface area contributed by atoms with Gasteiger partial charge in [0.25, 0.3) is 0 Å². The van der Waals surface area contributed by atoms with Crippen molar-refractivity contribution in [3.8, 4) is 0 Å². The summed E-state index contributed by atoms with van der Waals surface area (Å²) in [6, 6.07) is 7.77. The Morgan fingerprint density at radius 1 is 1.06 bits per heavy atom. The van der Waals surface area contributed by atoms with Crippen LogP contribution in [0.5, 0.6) is 0 Å². The Morgan fingerprint density at radius 2 is 1.88 bits per heavy atom. The van der Waals surface area contributed by atoms with Gasteiger partial charge in [-0.05, 0) is 11.8 Å². The highest BCUT2D eigenvalue weighted by Crippen LogP contribution is 2.33. The Labute approximate surface area is 110 Å². The number of fused-ring (bicyclic) bond motifs is 1.